The molecule has 0 aromatic heterocycles. The minimum absolute atomic E-state index is 0.0179. The number of amides is 1. The molecule has 0 spiro atoms. The van der Waals surface area contributed by atoms with Crippen molar-refractivity contribution in [2.45, 2.75) is 5.75 Å². The van der Waals surface area contributed by atoms with Crippen LogP contribution in [0.15, 0.2) is 48.5 Å². The molecule has 0 aliphatic heterocycles. The number of hydrogen-bond donors (Lipinski definition) is 1. The fourth-order valence-corrected chi connectivity index (χ4v) is 3.15. The van der Waals surface area contributed by atoms with Gasteiger partial charge in [0, 0.05) is 10.8 Å². The Labute approximate surface area is 151 Å². The Hall–Kier alpha value is -1.85. The zero-order valence-electron chi connectivity index (χ0n) is 13.5. The molecular formula is C18H20ClNO3S. The van der Waals surface area contributed by atoms with Crippen molar-refractivity contribution < 1.29 is 14.3 Å². The molecule has 0 saturated carbocycles. The number of nitrogens with one attached hydrogen (secondary N) is 1. The van der Waals surface area contributed by atoms with Gasteiger partial charge in [-0.05, 0) is 23.8 Å². The second-order valence-corrected chi connectivity index (χ2v) is 6.33. The van der Waals surface area contributed by atoms with Crippen molar-refractivity contribution in [1.82, 2.24) is 5.32 Å². The van der Waals surface area contributed by atoms with E-state index in [4.69, 9.17) is 21.1 Å². The standard InChI is InChI=1S/C18H20ClNO3S/c1-22-16-8-4-5-9-17(16)23-11-10-20-18(21)13-24-12-14-6-2-3-7-15(14)19/h2-9H,10-13H2,1H3,(H,20,21). The summed E-state index contributed by atoms with van der Waals surface area (Å²) in [7, 11) is 1.60. The lowest BCUT2D eigenvalue weighted by molar-refractivity contribution is -0.118. The highest BCUT2D eigenvalue weighted by atomic mass is 35.5. The maximum Gasteiger partial charge on any atom is 0.230 e. The molecule has 0 radical (unpaired) electrons. The molecule has 2 aromatic rings. The van der Waals surface area contributed by atoms with Crippen molar-refractivity contribution in [3.63, 3.8) is 0 Å². The molecule has 0 saturated heterocycles. The SMILES string of the molecule is COc1ccccc1OCCNC(=O)CSCc1ccccc1Cl. The summed E-state index contributed by atoms with van der Waals surface area (Å²) in [4.78, 5) is 11.8. The lowest BCUT2D eigenvalue weighted by Crippen LogP contribution is -2.29. The highest BCUT2D eigenvalue weighted by Crippen LogP contribution is 2.25. The summed E-state index contributed by atoms with van der Waals surface area (Å²) >= 11 is 7.62. The molecule has 0 unspecified atom stereocenters. The first kappa shape index (κ1) is 18.5. The van der Waals surface area contributed by atoms with Gasteiger partial charge < -0.3 is 14.8 Å². The third-order valence-corrected chi connectivity index (χ3v) is 4.55. The molecule has 128 valence electrons. The van der Waals surface area contributed by atoms with E-state index in [1.165, 1.54) is 11.8 Å². The molecule has 0 bridgehead atoms. The Morgan fingerprint density at radius 3 is 2.58 bits per heavy atom. The van der Waals surface area contributed by atoms with Crippen LogP contribution in [0, 0.1) is 0 Å². The number of halogens is 1. The molecule has 4 nitrogen and oxygen atoms in total. The quantitative estimate of drug-likeness (QED) is 0.687. The molecule has 0 fully saturated rings. The van der Waals surface area contributed by atoms with Gasteiger partial charge in [0.1, 0.15) is 6.61 Å². The Kier molecular flexibility index (Phi) is 7.79. The van der Waals surface area contributed by atoms with Crippen molar-refractivity contribution in [1.29, 1.82) is 0 Å². The van der Waals surface area contributed by atoms with E-state index >= 15 is 0 Å². The molecular weight excluding hydrogens is 346 g/mol. The van der Waals surface area contributed by atoms with Crippen molar-refractivity contribution in [2.75, 3.05) is 26.0 Å². The number of hydrogen-bond acceptors (Lipinski definition) is 4. The van der Waals surface area contributed by atoms with E-state index < -0.39 is 0 Å². The van der Waals surface area contributed by atoms with Crippen LogP contribution in [0.2, 0.25) is 5.02 Å². The first-order valence-corrected chi connectivity index (χ1v) is 9.07. The van der Waals surface area contributed by atoms with Crippen molar-refractivity contribution in [3.8, 4) is 11.5 Å². The van der Waals surface area contributed by atoms with E-state index in [-0.39, 0.29) is 5.91 Å². The monoisotopic (exact) mass is 365 g/mol. The van der Waals surface area contributed by atoms with Gasteiger partial charge in [-0.3, -0.25) is 4.79 Å². The zero-order valence-corrected chi connectivity index (χ0v) is 15.0. The van der Waals surface area contributed by atoms with Gasteiger partial charge in [-0.25, -0.2) is 0 Å². The van der Waals surface area contributed by atoms with Gasteiger partial charge in [-0.2, -0.15) is 0 Å². The minimum atomic E-state index is -0.0179. The van der Waals surface area contributed by atoms with E-state index in [1.807, 2.05) is 48.5 Å². The number of carbonyl (C=O) groups is 1. The fraction of sp³-hybridized carbons (Fsp3) is 0.278. The molecule has 2 aromatic carbocycles. The maximum absolute atomic E-state index is 11.8. The lowest BCUT2D eigenvalue weighted by atomic mass is 10.2. The molecule has 0 aliphatic rings. The van der Waals surface area contributed by atoms with Gasteiger partial charge in [0.2, 0.25) is 5.91 Å². The first-order valence-electron chi connectivity index (χ1n) is 7.54. The molecule has 2 rings (SSSR count). The van der Waals surface area contributed by atoms with Gasteiger partial charge in [0.15, 0.2) is 11.5 Å². The summed E-state index contributed by atoms with van der Waals surface area (Å²) in [6.45, 7) is 0.838. The smallest absolute Gasteiger partial charge is 0.230 e. The van der Waals surface area contributed by atoms with Crippen LogP contribution in [0.4, 0.5) is 0 Å². The van der Waals surface area contributed by atoms with Crippen LogP contribution in [-0.4, -0.2) is 31.9 Å². The number of benzene rings is 2. The van der Waals surface area contributed by atoms with E-state index in [2.05, 4.69) is 5.32 Å². The molecule has 24 heavy (non-hydrogen) atoms. The minimum Gasteiger partial charge on any atom is -0.493 e. The summed E-state index contributed by atoms with van der Waals surface area (Å²) in [5, 5.41) is 3.56. The Morgan fingerprint density at radius 2 is 1.83 bits per heavy atom. The van der Waals surface area contributed by atoms with Gasteiger partial charge in [-0.15, -0.1) is 11.8 Å². The highest BCUT2D eigenvalue weighted by molar-refractivity contribution is 7.99. The summed E-state index contributed by atoms with van der Waals surface area (Å²) in [6, 6.07) is 15.1. The predicted molar refractivity (Wildman–Crippen MR) is 99.1 cm³/mol. The molecule has 1 amide bonds. The summed E-state index contributed by atoms with van der Waals surface area (Å²) in [5.41, 5.74) is 1.04. The first-order chi connectivity index (χ1) is 11.7. The molecule has 1 N–H and O–H groups in total. The van der Waals surface area contributed by atoms with E-state index in [0.717, 1.165) is 10.6 Å². The molecule has 0 aliphatic carbocycles. The van der Waals surface area contributed by atoms with Crippen LogP contribution in [0.3, 0.4) is 0 Å². The van der Waals surface area contributed by atoms with E-state index in [0.29, 0.717) is 36.2 Å². The van der Waals surface area contributed by atoms with Gasteiger partial charge in [0.25, 0.3) is 0 Å². The predicted octanol–water partition coefficient (Wildman–Crippen LogP) is 3.78. The van der Waals surface area contributed by atoms with Gasteiger partial charge in [0.05, 0.1) is 19.4 Å². The number of methoxy groups -OCH3 is 1. The zero-order chi connectivity index (χ0) is 17.2. The van der Waals surface area contributed by atoms with Crippen LogP contribution in [0.25, 0.3) is 0 Å². The second-order valence-electron chi connectivity index (χ2n) is 4.93. The van der Waals surface area contributed by atoms with Crippen molar-refractivity contribution in [2.24, 2.45) is 0 Å². The fourth-order valence-electron chi connectivity index (χ4n) is 2.01. The third-order valence-electron chi connectivity index (χ3n) is 3.20. The average Bonchev–Trinajstić information content (AvgIpc) is 2.60. The van der Waals surface area contributed by atoms with Crippen LogP contribution >= 0.6 is 23.4 Å². The third kappa shape index (κ3) is 5.98. The molecule has 0 heterocycles. The van der Waals surface area contributed by atoms with Crippen molar-refractivity contribution in [3.05, 3.63) is 59.1 Å². The Bertz CT molecular complexity index is 666. The molecule has 0 atom stereocenters. The number of thioether (sulfide) groups is 1. The average molecular weight is 366 g/mol. The van der Waals surface area contributed by atoms with E-state index in [1.54, 1.807) is 7.11 Å². The number of carbonyl (C=O) groups excluding carboxylic acids is 1. The number of para-hydroxylation sites is 2. The summed E-state index contributed by atoms with van der Waals surface area (Å²) in [5.74, 6) is 2.43. The Balaban J connectivity index is 1.62. The summed E-state index contributed by atoms with van der Waals surface area (Å²) in [6.07, 6.45) is 0. The number of ether oxygens (including phenoxy) is 2. The number of rotatable bonds is 9. The lowest BCUT2D eigenvalue weighted by Gasteiger charge is -2.11. The van der Waals surface area contributed by atoms with Crippen LogP contribution in [0.1, 0.15) is 5.56 Å². The van der Waals surface area contributed by atoms with Crippen LogP contribution in [-0.2, 0) is 10.5 Å². The van der Waals surface area contributed by atoms with Crippen molar-refractivity contribution >= 4 is 29.3 Å². The maximum atomic E-state index is 11.8. The van der Waals surface area contributed by atoms with Crippen LogP contribution in [0.5, 0.6) is 11.5 Å². The largest absolute Gasteiger partial charge is 0.493 e. The molecule has 6 heteroatoms. The highest BCUT2D eigenvalue weighted by Gasteiger charge is 2.05. The van der Waals surface area contributed by atoms with Crippen LogP contribution < -0.4 is 14.8 Å². The van der Waals surface area contributed by atoms with Gasteiger partial charge in [-0.1, -0.05) is 41.9 Å². The van der Waals surface area contributed by atoms with E-state index in [9.17, 15) is 4.79 Å². The Morgan fingerprint density at radius 1 is 1.12 bits per heavy atom. The normalized spacial score (nSPS) is 10.2. The van der Waals surface area contributed by atoms with Gasteiger partial charge >= 0.3 is 0 Å². The topological polar surface area (TPSA) is 47.6 Å². The second kappa shape index (κ2) is 10.1. The summed E-state index contributed by atoms with van der Waals surface area (Å²) < 4.78 is 10.8.